The van der Waals surface area contributed by atoms with Crippen molar-refractivity contribution in [3.05, 3.63) is 48.0 Å². The Morgan fingerprint density at radius 3 is 2.53 bits per heavy atom. The standard InChI is InChI=1S/C26H33N3O5/c1-32-22-8-4-20(5-9-22)6-11-26(31)29-13-2-12-28(14-15-29)19-25(30)27-21-7-10-23-24(18-21)34-17-3-16-33-23/h4-5,7-10,18H,2-3,6,11-17,19H2,1H3,(H,27,30). The zero-order valence-corrected chi connectivity index (χ0v) is 19.8. The highest BCUT2D eigenvalue weighted by molar-refractivity contribution is 5.92. The number of benzene rings is 2. The quantitative estimate of drug-likeness (QED) is 0.675. The first-order valence-corrected chi connectivity index (χ1v) is 11.9. The van der Waals surface area contributed by atoms with Gasteiger partial charge in [0.25, 0.3) is 0 Å². The highest BCUT2D eigenvalue weighted by Crippen LogP contribution is 2.32. The summed E-state index contributed by atoms with van der Waals surface area (Å²) in [5.74, 6) is 2.27. The molecule has 8 heteroatoms. The number of nitrogens with one attached hydrogen (secondary N) is 1. The second-order valence-corrected chi connectivity index (χ2v) is 8.62. The van der Waals surface area contributed by atoms with Crippen molar-refractivity contribution in [2.24, 2.45) is 0 Å². The van der Waals surface area contributed by atoms with Crippen molar-refractivity contribution in [1.82, 2.24) is 9.80 Å². The Kier molecular flexibility index (Phi) is 8.25. The van der Waals surface area contributed by atoms with E-state index >= 15 is 0 Å². The van der Waals surface area contributed by atoms with Crippen LogP contribution >= 0.6 is 0 Å². The van der Waals surface area contributed by atoms with Gasteiger partial charge in [0.1, 0.15) is 5.75 Å². The Morgan fingerprint density at radius 2 is 1.74 bits per heavy atom. The van der Waals surface area contributed by atoms with Gasteiger partial charge in [0.05, 0.1) is 26.9 Å². The summed E-state index contributed by atoms with van der Waals surface area (Å²) in [5, 5.41) is 2.96. The smallest absolute Gasteiger partial charge is 0.238 e. The number of hydrogen-bond acceptors (Lipinski definition) is 6. The molecule has 2 aliphatic rings. The van der Waals surface area contributed by atoms with Gasteiger partial charge >= 0.3 is 0 Å². The molecule has 0 bridgehead atoms. The summed E-state index contributed by atoms with van der Waals surface area (Å²) in [7, 11) is 1.64. The number of rotatable bonds is 7. The zero-order chi connectivity index (χ0) is 23.8. The van der Waals surface area contributed by atoms with Gasteiger partial charge in [0, 0.05) is 50.8 Å². The summed E-state index contributed by atoms with van der Waals surface area (Å²) < 4.78 is 16.5. The highest BCUT2D eigenvalue weighted by Gasteiger charge is 2.21. The fourth-order valence-corrected chi connectivity index (χ4v) is 4.22. The molecule has 0 unspecified atom stereocenters. The van der Waals surface area contributed by atoms with Crippen molar-refractivity contribution in [1.29, 1.82) is 0 Å². The van der Waals surface area contributed by atoms with Gasteiger partial charge in [-0.1, -0.05) is 12.1 Å². The Balaban J connectivity index is 1.22. The molecule has 0 spiro atoms. The van der Waals surface area contributed by atoms with Gasteiger partial charge in [-0.3, -0.25) is 14.5 Å². The lowest BCUT2D eigenvalue weighted by Gasteiger charge is -2.22. The Hall–Kier alpha value is -3.26. The van der Waals surface area contributed by atoms with E-state index in [0.29, 0.717) is 62.9 Å². The predicted octanol–water partition coefficient (Wildman–Crippen LogP) is 2.96. The third-order valence-electron chi connectivity index (χ3n) is 6.13. The molecule has 182 valence electrons. The third-order valence-corrected chi connectivity index (χ3v) is 6.13. The van der Waals surface area contributed by atoms with E-state index in [4.69, 9.17) is 14.2 Å². The number of carbonyl (C=O) groups excluding carboxylic acids is 2. The van der Waals surface area contributed by atoms with Gasteiger partial charge < -0.3 is 24.4 Å². The van der Waals surface area contributed by atoms with Gasteiger partial charge in [-0.05, 0) is 42.7 Å². The summed E-state index contributed by atoms with van der Waals surface area (Å²) >= 11 is 0. The molecule has 2 aromatic rings. The van der Waals surface area contributed by atoms with Crippen LogP contribution < -0.4 is 19.5 Å². The first kappa shape index (κ1) is 23.9. The van der Waals surface area contributed by atoms with E-state index in [1.54, 1.807) is 7.11 Å². The average molecular weight is 468 g/mol. The molecule has 4 rings (SSSR count). The Bertz CT molecular complexity index is 979. The monoisotopic (exact) mass is 467 g/mol. The minimum Gasteiger partial charge on any atom is -0.497 e. The van der Waals surface area contributed by atoms with E-state index in [2.05, 4.69) is 10.2 Å². The van der Waals surface area contributed by atoms with Crippen molar-refractivity contribution in [3.8, 4) is 17.2 Å². The number of amides is 2. The van der Waals surface area contributed by atoms with Crippen LogP contribution in [0.3, 0.4) is 0 Å². The fourth-order valence-electron chi connectivity index (χ4n) is 4.22. The predicted molar refractivity (Wildman–Crippen MR) is 130 cm³/mol. The molecule has 2 amide bonds. The Labute approximate surface area is 200 Å². The molecule has 0 aromatic heterocycles. The lowest BCUT2D eigenvalue weighted by molar-refractivity contribution is -0.131. The molecule has 8 nitrogen and oxygen atoms in total. The number of ether oxygens (including phenoxy) is 3. The summed E-state index contributed by atoms with van der Waals surface area (Å²) in [5.41, 5.74) is 1.82. The summed E-state index contributed by atoms with van der Waals surface area (Å²) in [4.78, 5) is 29.4. The second kappa shape index (κ2) is 11.7. The van der Waals surface area contributed by atoms with Gasteiger partial charge in [-0.15, -0.1) is 0 Å². The van der Waals surface area contributed by atoms with Crippen molar-refractivity contribution in [2.45, 2.75) is 25.7 Å². The topological polar surface area (TPSA) is 80.3 Å². The number of hydrogen-bond donors (Lipinski definition) is 1. The summed E-state index contributed by atoms with van der Waals surface area (Å²) in [6.07, 6.45) is 2.88. The van der Waals surface area contributed by atoms with Crippen LogP contribution in [0.4, 0.5) is 5.69 Å². The molecule has 34 heavy (non-hydrogen) atoms. The Morgan fingerprint density at radius 1 is 0.941 bits per heavy atom. The maximum Gasteiger partial charge on any atom is 0.238 e. The largest absolute Gasteiger partial charge is 0.497 e. The normalized spacial score (nSPS) is 16.3. The van der Waals surface area contributed by atoms with Crippen LogP contribution in [-0.4, -0.2) is 74.7 Å². The van der Waals surface area contributed by atoms with Gasteiger partial charge in [-0.2, -0.15) is 0 Å². The minimum absolute atomic E-state index is 0.0752. The molecule has 1 N–H and O–H groups in total. The number of methoxy groups -OCH3 is 1. The van der Waals surface area contributed by atoms with Crippen LogP contribution in [0.5, 0.6) is 17.2 Å². The first-order valence-electron chi connectivity index (χ1n) is 11.9. The van der Waals surface area contributed by atoms with E-state index in [1.165, 1.54) is 0 Å². The van der Waals surface area contributed by atoms with Crippen LogP contribution in [0.15, 0.2) is 42.5 Å². The van der Waals surface area contributed by atoms with Crippen molar-refractivity contribution >= 4 is 17.5 Å². The molecule has 2 aromatic carbocycles. The molecule has 0 aliphatic carbocycles. The number of carbonyl (C=O) groups is 2. The van der Waals surface area contributed by atoms with E-state index in [0.717, 1.165) is 37.2 Å². The molecule has 1 saturated heterocycles. The lowest BCUT2D eigenvalue weighted by atomic mass is 10.1. The van der Waals surface area contributed by atoms with Crippen molar-refractivity contribution < 1.29 is 23.8 Å². The SMILES string of the molecule is COc1ccc(CCC(=O)N2CCCN(CC(=O)Nc3ccc4c(c3)OCCCO4)CC2)cc1. The molecule has 1 fully saturated rings. The summed E-state index contributed by atoms with van der Waals surface area (Å²) in [6.45, 7) is 4.37. The maximum absolute atomic E-state index is 12.7. The van der Waals surface area contributed by atoms with E-state index < -0.39 is 0 Å². The van der Waals surface area contributed by atoms with E-state index in [9.17, 15) is 9.59 Å². The average Bonchev–Trinajstić information content (AvgIpc) is 3.23. The zero-order valence-electron chi connectivity index (χ0n) is 19.8. The van der Waals surface area contributed by atoms with Crippen LogP contribution in [0, 0.1) is 0 Å². The van der Waals surface area contributed by atoms with Crippen LogP contribution in [0.2, 0.25) is 0 Å². The first-order chi connectivity index (χ1) is 16.6. The molecule has 2 heterocycles. The van der Waals surface area contributed by atoms with Gasteiger partial charge in [0.2, 0.25) is 11.8 Å². The molecule has 0 saturated carbocycles. The van der Waals surface area contributed by atoms with E-state index in [-0.39, 0.29) is 11.8 Å². The minimum atomic E-state index is -0.0752. The van der Waals surface area contributed by atoms with Crippen LogP contribution in [0.1, 0.15) is 24.8 Å². The van der Waals surface area contributed by atoms with Crippen LogP contribution in [0.25, 0.3) is 0 Å². The number of nitrogens with zero attached hydrogens (tertiary/aromatic N) is 2. The number of aryl methyl sites for hydroxylation is 1. The maximum atomic E-state index is 12.7. The summed E-state index contributed by atoms with van der Waals surface area (Å²) in [6, 6.07) is 13.3. The van der Waals surface area contributed by atoms with Gasteiger partial charge in [0.15, 0.2) is 11.5 Å². The number of fused-ring (bicyclic) bond motifs is 1. The molecular formula is C26H33N3O5. The molecule has 0 atom stereocenters. The van der Waals surface area contributed by atoms with Crippen molar-refractivity contribution in [2.75, 3.05) is 58.4 Å². The molecule has 0 radical (unpaired) electrons. The molecule has 2 aliphatic heterocycles. The fraction of sp³-hybridized carbons (Fsp3) is 0.462. The molecular weight excluding hydrogens is 434 g/mol. The third kappa shape index (κ3) is 6.63. The highest BCUT2D eigenvalue weighted by atomic mass is 16.5. The van der Waals surface area contributed by atoms with E-state index in [1.807, 2.05) is 47.4 Å². The lowest BCUT2D eigenvalue weighted by Crippen LogP contribution is -2.38. The number of anilines is 1. The van der Waals surface area contributed by atoms with Crippen LogP contribution in [-0.2, 0) is 16.0 Å². The van der Waals surface area contributed by atoms with Crippen molar-refractivity contribution in [3.63, 3.8) is 0 Å². The second-order valence-electron chi connectivity index (χ2n) is 8.62. The van der Waals surface area contributed by atoms with Gasteiger partial charge in [-0.25, -0.2) is 0 Å².